The fourth-order valence-electron chi connectivity index (χ4n) is 2.91. The monoisotopic (exact) mass is 252 g/mol. The van der Waals surface area contributed by atoms with Gasteiger partial charge in [-0.05, 0) is 39.5 Å². The highest BCUT2D eigenvalue weighted by Crippen LogP contribution is 2.56. The summed E-state index contributed by atoms with van der Waals surface area (Å²) < 4.78 is -0.0395. The van der Waals surface area contributed by atoms with Crippen molar-refractivity contribution < 1.29 is 9.59 Å². The topological polar surface area (TPSA) is 58.9 Å². The number of fused-ring (bicyclic) bond motifs is 2. The molecule has 0 aromatic heterocycles. The summed E-state index contributed by atoms with van der Waals surface area (Å²) in [6.45, 7) is 4.17. The van der Waals surface area contributed by atoms with E-state index in [0.29, 0.717) is 5.25 Å². The molecule has 4 atom stereocenters. The van der Waals surface area contributed by atoms with Gasteiger partial charge in [-0.3, -0.25) is 0 Å². The van der Waals surface area contributed by atoms with Crippen molar-refractivity contribution in [2.24, 2.45) is 9.98 Å². The van der Waals surface area contributed by atoms with E-state index in [9.17, 15) is 9.59 Å². The van der Waals surface area contributed by atoms with Crippen molar-refractivity contribution in [2.45, 2.75) is 61.1 Å². The maximum Gasteiger partial charge on any atom is 0.235 e. The highest BCUT2D eigenvalue weighted by atomic mass is 32.2. The van der Waals surface area contributed by atoms with Gasteiger partial charge in [0.2, 0.25) is 12.2 Å². The Kier molecular flexibility index (Phi) is 3.26. The summed E-state index contributed by atoms with van der Waals surface area (Å²) in [7, 11) is 0. The van der Waals surface area contributed by atoms with Crippen molar-refractivity contribution in [3.05, 3.63) is 0 Å². The number of carbonyl (C=O) groups excluding carboxylic acids is 2. The Morgan fingerprint density at radius 3 is 2.59 bits per heavy atom. The molecule has 2 aliphatic heterocycles. The average molecular weight is 252 g/mol. The van der Waals surface area contributed by atoms with Crippen LogP contribution in [0.5, 0.6) is 0 Å². The van der Waals surface area contributed by atoms with E-state index in [-0.39, 0.29) is 16.3 Å². The van der Waals surface area contributed by atoms with E-state index in [4.69, 9.17) is 0 Å². The molecule has 4 unspecified atom stereocenters. The molecule has 2 bridgehead atoms. The van der Waals surface area contributed by atoms with Gasteiger partial charge >= 0.3 is 0 Å². The minimum absolute atomic E-state index is 0.0306. The van der Waals surface area contributed by atoms with Gasteiger partial charge in [0.15, 0.2) is 0 Å². The molecule has 4 nitrogen and oxygen atoms in total. The van der Waals surface area contributed by atoms with Gasteiger partial charge in [0.25, 0.3) is 0 Å². The lowest BCUT2D eigenvalue weighted by Crippen LogP contribution is -2.43. The molecule has 0 aromatic rings. The van der Waals surface area contributed by atoms with Crippen LogP contribution in [0.15, 0.2) is 9.98 Å². The van der Waals surface area contributed by atoms with Crippen LogP contribution in [0.25, 0.3) is 0 Å². The molecule has 0 amide bonds. The predicted octanol–water partition coefficient (Wildman–Crippen LogP) is 2.23. The van der Waals surface area contributed by atoms with Crippen molar-refractivity contribution >= 4 is 23.9 Å². The summed E-state index contributed by atoms with van der Waals surface area (Å²) in [6.07, 6.45) is 7.00. The smallest absolute Gasteiger partial charge is 0.211 e. The minimum Gasteiger partial charge on any atom is -0.211 e. The lowest BCUT2D eigenvalue weighted by Gasteiger charge is -2.38. The number of hydrogen-bond acceptors (Lipinski definition) is 5. The van der Waals surface area contributed by atoms with Crippen LogP contribution in [-0.4, -0.2) is 33.7 Å². The largest absolute Gasteiger partial charge is 0.235 e. The molecule has 5 heteroatoms. The Hall–Kier alpha value is -0.890. The molecule has 17 heavy (non-hydrogen) atoms. The second-order valence-corrected chi connectivity index (χ2v) is 6.97. The normalized spacial score (nSPS) is 44.4. The maximum absolute atomic E-state index is 10.6. The molecular weight excluding hydrogens is 236 g/mol. The highest BCUT2D eigenvalue weighted by molar-refractivity contribution is 8.01. The van der Waals surface area contributed by atoms with Gasteiger partial charge in [-0.1, -0.05) is 0 Å². The van der Waals surface area contributed by atoms with Crippen LogP contribution in [-0.2, 0) is 9.59 Å². The SMILES string of the molecule is CC1(N=C=O)CCC(N=C=O)C2CCC1(C)S2. The van der Waals surface area contributed by atoms with Crippen LogP contribution < -0.4 is 0 Å². The molecule has 0 aromatic carbocycles. The Morgan fingerprint density at radius 1 is 1.18 bits per heavy atom. The maximum atomic E-state index is 10.6. The van der Waals surface area contributed by atoms with E-state index in [1.807, 2.05) is 18.7 Å². The first-order valence-corrected chi connectivity index (χ1v) is 6.76. The third-order valence-corrected chi connectivity index (χ3v) is 6.34. The predicted molar refractivity (Wildman–Crippen MR) is 66.7 cm³/mol. The van der Waals surface area contributed by atoms with Crippen molar-refractivity contribution in [1.82, 2.24) is 0 Å². The number of nitrogens with zero attached hydrogens (tertiary/aromatic N) is 2. The van der Waals surface area contributed by atoms with Crippen molar-refractivity contribution in [3.8, 4) is 0 Å². The van der Waals surface area contributed by atoms with Crippen molar-refractivity contribution in [2.75, 3.05) is 0 Å². The molecule has 0 radical (unpaired) electrons. The van der Waals surface area contributed by atoms with Gasteiger partial charge in [0, 0.05) is 10.00 Å². The lowest BCUT2D eigenvalue weighted by molar-refractivity contribution is 0.295. The standard InChI is InChI=1S/C12H16N2O2S/c1-11(14-8-16)5-3-9(13-7-15)10-4-6-12(11,2)17-10/h9-10H,3-6H2,1-2H3. The van der Waals surface area contributed by atoms with E-state index < -0.39 is 0 Å². The van der Waals surface area contributed by atoms with E-state index in [1.165, 1.54) is 0 Å². The van der Waals surface area contributed by atoms with Crippen molar-refractivity contribution in [1.29, 1.82) is 0 Å². The highest BCUT2D eigenvalue weighted by Gasteiger charge is 2.54. The lowest BCUT2D eigenvalue weighted by atomic mass is 9.76. The number of rotatable bonds is 2. The molecule has 2 aliphatic rings. The van der Waals surface area contributed by atoms with E-state index in [1.54, 1.807) is 12.2 Å². The number of thioether (sulfide) groups is 1. The quantitative estimate of drug-likeness (QED) is 0.559. The molecule has 0 aliphatic carbocycles. The molecule has 0 N–H and O–H groups in total. The molecule has 2 fully saturated rings. The zero-order valence-corrected chi connectivity index (χ0v) is 10.9. The van der Waals surface area contributed by atoms with Gasteiger partial charge in [-0.25, -0.2) is 14.6 Å². The molecule has 0 spiro atoms. The van der Waals surface area contributed by atoms with Gasteiger partial charge in [0.05, 0.1) is 11.6 Å². The zero-order chi connectivity index (χ0) is 12.5. The summed E-state index contributed by atoms with van der Waals surface area (Å²) in [4.78, 5) is 29.0. The number of aliphatic imine (C=N–C) groups is 2. The number of hydrogen-bond donors (Lipinski definition) is 0. The summed E-state index contributed by atoms with van der Waals surface area (Å²) in [5.41, 5.74) is -0.388. The fraction of sp³-hybridized carbons (Fsp3) is 0.833. The summed E-state index contributed by atoms with van der Waals surface area (Å²) in [6, 6.07) is 0.0306. The summed E-state index contributed by atoms with van der Waals surface area (Å²) in [5.74, 6) is 0. The van der Waals surface area contributed by atoms with Crippen molar-refractivity contribution in [3.63, 3.8) is 0 Å². The van der Waals surface area contributed by atoms with Gasteiger partial charge in [-0.15, -0.1) is 11.8 Å². The molecule has 2 rings (SSSR count). The van der Waals surface area contributed by atoms with Gasteiger partial charge in [-0.2, -0.15) is 4.99 Å². The third kappa shape index (κ3) is 1.99. The summed E-state index contributed by atoms with van der Waals surface area (Å²) >= 11 is 1.83. The third-order valence-electron chi connectivity index (χ3n) is 4.32. The van der Waals surface area contributed by atoms with Gasteiger partial charge in [0.1, 0.15) is 0 Å². The van der Waals surface area contributed by atoms with E-state index in [2.05, 4.69) is 16.9 Å². The average Bonchev–Trinajstić information content (AvgIpc) is 2.65. The summed E-state index contributed by atoms with van der Waals surface area (Å²) in [5, 5.41) is 0.366. The first-order chi connectivity index (χ1) is 8.04. The molecule has 92 valence electrons. The Labute approximate surface area is 105 Å². The first kappa shape index (κ1) is 12.6. The van der Waals surface area contributed by atoms with E-state index >= 15 is 0 Å². The van der Waals surface area contributed by atoms with Crippen LogP contribution >= 0.6 is 11.8 Å². The molecular formula is C12H16N2O2S. The Balaban J connectivity index is 2.35. The Bertz CT molecular complexity index is 415. The molecule has 2 saturated heterocycles. The minimum atomic E-state index is -0.388. The first-order valence-electron chi connectivity index (χ1n) is 5.88. The van der Waals surface area contributed by atoms with Crippen LogP contribution in [0.3, 0.4) is 0 Å². The van der Waals surface area contributed by atoms with Crippen LogP contribution in [0.4, 0.5) is 0 Å². The second kappa shape index (κ2) is 4.41. The zero-order valence-electron chi connectivity index (χ0n) is 10.1. The fourth-order valence-corrected chi connectivity index (χ4v) is 4.80. The van der Waals surface area contributed by atoms with Crippen LogP contribution in [0, 0.1) is 0 Å². The van der Waals surface area contributed by atoms with E-state index in [0.717, 1.165) is 25.7 Å². The Morgan fingerprint density at radius 2 is 1.94 bits per heavy atom. The number of isocyanates is 2. The molecule has 0 saturated carbocycles. The molecule has 2 heterocycles. The second-order valence-electron chi connectivity index (χ2n) is 5.23. The van der Waals surface area contributed by atoms with Crippen LogP contribution in [0.1, 0.15) is 39.5 Å². The van der Waals surface area contributed by atoms with Gasteiger partial charge < -0.3 is 0 Å². The van der Waals surface area contributed by atoms with Crippen LogP contribution in [0.2, 0.25) is 0 Å².